The summed E-state index contributed by atoms with van der Waals surface area (Å²) in [7, 11) is 1.95. The third-order valence-corrected chi connectivity index (χ3v) is 2.45. The zero-order valence-corrected chi connectivity index (χ0v) is 9.75. The van der Waals surface area contributed by atoms with Gasteiger partial charge in [-0.3, -0.25) is 0 Å². The molecule has 0 bridgehead atoms. The van der Waals surface area contributed by atoms with Gasteiger partial charge in [-0.15, -0.1) is 0 Å². The van der Waals surface area contributed by atoms with E-state index >= 15 is 0 Å². The Labute approximate surface area is 92.5 Å². The average molecular weight is 201 g/mol. The lowest BCUT2D eigenvalue weighted by Crippen LogP contribution is -2.03. The van der Waals surface area contributed by atoms with Gasteiger partial charge in [-0.05, 0) is 25.0 Å². The fourth-order valence-electron chi connectivity index (χ4n) is 1.29. The average Bonchev–Trinajstić information content (AvgIpc) is 2.31. The summed E-state index contributed by atoms with van der Waals surface area (Å²) in [4.78, 5) is 0. The molecule has 1 N–H and O–H groups in total. The molecule has 0 unspecified atom stereocenters. The van der Waals surface area contributed by atoms with Crippen molar-refractivity contribution >= 4 is 5.70 Å². The maximum atomic E-state index is 3.21. The topological polar surface area (TPSA) is 12.0 Å². The molecule has 80 valence electrons. The molecule has 0 aliphatic heterocycles. The van der Waals surface area contributed by atoms with Crippen molar-refractivity contribution in [3.63, 3.8) is 0 Å². The highest BCUT2D eigenvalue weighted by Crippen LogP contribution is 2.11. The molecule has 1 aromatic carbocycles. The minimum Gasteiger partial charge on any atom is -0.388 e. The summed E-state index contributed by atoms with van der Waals surface area (Å²) in [5.74, 6) is 0. The maximum absolute atomic E-state index is 3.21. The highest BCUT2D eigenvalue weighted by atomic mass is 14.8. The molecule has 0 fully saturated rings. The Morgan fingerprint density at radius 1 is 1.20 bits per heavy atom. The molecule has 0 amide bonds. The molecule has 0 aliphatic rings. The largest absolute Gasteiger partial charge is 0.388 e. The van der Waals surface area contributed by atoms with Crippen molar-refractivity contribution in [2.45, 2.75) is 20.3 Å². The Bertz CT molecular complexity index is 347. The lowest BCUT2D eigenvalue weighted by molar-refractivity contribution is 1.09. The van der Waals surface area contributed by atoms with Gasteiger partial charge < -0.3 is 5.32 Å². The van der Waals surface area contributed by atoms with Crippen molar-refractivity contribution in [1.82, 2.24) is 5.32 Å². The van der Waals surface area contributed by atoms with Crippen LogP contribution in [-0.2, 0) is 0 Å². The van der Waals surface area contributed by atoms with Crippen molar-refractivity contribution in [3.05, 3.63) is 53.6 Å². The Hall–Kier alpha value is -1.50. The maximum Gasteiger partial charge on any atom is 0.0411 e. The molecule has 0 saturated heterocycles. The molecule has 0 heterocycles. The van der Waals surface area contributed by atoms with Gasteiger partial charge in [0.1, 0.15) is 0 Å². The van der Waals surface area contributed by atoms with Crippen molar-refractivity contribution in [2.24, 2.45) is 0 Å². The first-order chi connectivity index (χ1) is 7.27. The lowest BCUT2D eigenvalue weighted by Gasteiger charge is -2.05. The molecule has 15 heavy (non-hydrogen) atoms. The summed E-state index contributed by atoms with van der Waals surface area (Å²) in [6.45, 7) is 4.32. The van der Waals surface area contributed by atoms with E-state index in [0.717, 1.165) is 12.1 Å². The van der Waals surface area contributed by atoms with Crippen LogP contribution < -0.4 is 5.32 Å². The van der Waals surface area contributed by atoms with Crippen LogP contribution in [0.4, 0.5) is 0 Å². The van der Waals surface area contributed by atoms with Crippen LogP contribution in [0.15, 0.2) is 48.1 Å². The summed E-state index contributed by atoms with van der Waals surface area (Å²) < 4.78 is 0. The zero-order valence-electron chi connectivity index (χ0n) is 9.75. The Balaban J connectivity index is 2.90. The van der Waals surface area contributed by atoms with Gasteiger partial charge in [0.2, 0.25) is 0 Å². The van der Waals surface area contributed by atoms with Crippen LogP contribution in [0.25, 0.3) is 5.70 Å². The first kappa shape index (κ1) is 11.6. The lowest BCUT2D eigenvalue weighted by atomic mass is 10.1. The quantitative estimate of drug-likeness (QED) is 0.734. The standard InChI is InChI=1S/C14H19N/c1-4-12(2)10-11-14(15-3)13-8-6-5-7-9-13/h5-11,15H,4H2,1-3H3/b12-10-,14-11-. The van der Waals surface area contributed by atoms with E-state index in [1.165, 1.54) is 11.1 Å². The van der Waals surface area contributed by atoms with Crippen molar-refractivity contribution < 1.29 is 0 Å². The normalized spacial score (nSPS) is 12.7. The van der Waals surface area contributed by atoms with E-state index < -0.39 is 0 Å². The second kappa shape index (κ2) is 6.07. The third-order valence-electron chi connectivity index (χ3n) is 2.45. The minimum absolute atomic E-state index is 1.10. The molecule has 1 nitrogen and oxygen atoms in total. The summed E-state index contributed by atoms with van der Waals surface area (Å²) in [5.41, 5.74) is 3.77. The van der Waals surface area contributed by atoms with E-state index in [2.05, 4.69) is 55.6 Å². The number of benzene rings is 1. The van der Waals surface area contributed by atoms with Gasteiger partial charge in [0.15, 0.2) is 0 Å². The molecular weight excluding hydrogens is 182 g/mol. The number of nitrogens with one attached hydrogen (secondary N) is 1. The first-order valence-electron chi connectivity index (χ1n) is 5.38. The van der Waals surface area contributed by atoms with Gasteiger partial charge in [-0.25, -0.2) is 0 Å². The summed E-state index contributed by atoms with van der Waals surface area (Å²) >= 11 is 0. The zero-order chi connectivity index (χ0) is 11.1. The van der Waals surface area contributed by atoms with E-state index in [0.29, 0.717) is 0 Å². The summed E-state index contributed by atoms with van der Waals surface area (Å²) in [6, 6.07) is 10.4. The predicted molar refractivity (Wildman–Crippen MR) is 67.5 cm³/mol. The van der Waals surface area contributed by atoms with Gasteiger partial charge in [0, 0.05) is 12.7 Å². The third kappa shape index (κ3) is 3.62. The van der Waals surface area contributed by atoms with Crippen LogP contribution >= 0.6 is 0 Å². The van der Waals surface area contributed by atoms with E-state index in [1.54, 1.807) is 0 Å². The molecule has 1 rings (SSSR count). The van der Waals surface area contributed by atoms with Gasteiger partial charge in [-0.1, -0.05) is 48.9 Å². The SMILES string of the molecule is CC/C(C)=C\C=C(/NC)c1ccccc1. The molecular formula is C14H19N. The highest BCUT2D eigenvalue weighted by Gasteiger charge is 1.95. The number of hydrogen-bond acceptors (Lipinski definition) is 1. The van der Waals surface area contributed by atoms with Gasteiger partial charge in [0.05, 0.1) is 0 Å². The van der Waals surface area contributed by atoms with Crippen LogP contribution in [0, 0.1) is 0 Å². The molecule has 0 saturated carbocycles. The first-order valence-corrected chi connectivity index (χ1v) is 5.38. The van der Waals surface area contributed by atoms with E-state index in [-0.39, 0.29) is 0 Å². The van der Waals surface area contributed by atoms with Gasteiger partial charge >= 0.3 is 0 Å². The molecule has 0 radical (unpaired) electrons. The predicted octanol–water partition coefficient (Wildman–Crippen LogP) is 3.60. The molecule has 1 aromatic rings. The minimum atomic E-state index is 1.10. The fraction of sp³-hybridized carbons (Fsp3) is 0.286. The smallest absolute Gasteiger partial charge is 0.0411 e. The molecule has 0 aromatic heterocycles. The molecule has 0 atom stereocenters. The van der Waals surface area contributed by atoms with Crippen LogP contribution in [0.1, 0.15) is 25.8 Å². The molecule has 0 spiro atoms. The van der Waals surface area contributed by atoms with E-state index in [4.69, 9.17) is 0 Å². The van der Waals surface area contributed by atoms with Crippen molar-refractivity contribution in [2.75, 3.05) is 7.05 Å². The van der Waals surface area contributed by atoms with Gasteiger partial charge in [0.25, 0.3) is 0 Å². The number of hydrogen-bond donors (Lipinski definition) is 1. The number of allylic oxidation sites excluding steroid dienone is 3. The van der Waals surface area contributed by atoms with Crippen LogP contribution in [-0.4, -0.2) is 7.05 Å². The highest BCUT2D eigenvalue weighted by molar-refractivity contribution is 5.65. The van der Waals surface area contributed by atoms with Crippen molar-refractivity contribution in [1.29, 1.82) is 0 Å². The second-order valence-corrected chi connectivity index (χ2v) is 3.56. The summed E-state index contributed by atoms with van der Waals surface area (Å²) in [5, 5.41) is 3.21. The second-order valence-electron chi connectivity index (χ2n) is 3.56. The van der Waals surface area contributed by atoms with E-state index in [1.807, 2.05) is 13.1 Å². The number of rotatable bonds is 4. The van der Waals surface area contributed by atoms with Crippen molar-refractivity contribution in [3.8, 4) is 0 Å². The Kier molecular flexibility index (Phi) is 4.69. The van der Waals surface area contributed by atoms with E-state index in [9.17, 15) is 0 Å². The van der Waals surface area contributed by atoms with Crippen LogP contribution in [0.3, 0.4) is 0 Å². The fourth-order valence-corrected chi connectivity index (χ4v) is 1.29. The molecule has 1 heteroatoms. The summed E-state index contributed by atoms with van der Waals surface area (Å²) in [6.07, 6.45) is 5.40. The Morgan fingerprint density at radius 3 is 2.40 bits per heavy atom. The van der Waals surface area contributed by atoms with Crippen LogP contribution in [0.2, 0.25) is 0 Å². The molecule has 0 aliphatic carbocycles. The van der Waals surface area contributed by atoms with Crippen LogP contribution in [0.5, 0.6) is 0 Å². The van der Waals surface area contributed by atoms with Gasteiger partial charge in [-0.2, -0.15) is 0 Å². The monoisotopic (exact) mass is 201 g/mol. The Morgan fingerprint density at radius 2 is 1.87 bits per heavy atom.